The van der Waals surface area contributed by atoms with Crippen molar-refractivity contribution in [3.8, 4) is 0 Å². The minimum Gasteiger partial charge on any atom is -0.465 e. The molecule has 1 N–H and O–H groups in total. The lowest BCUT2D eigenvalue weighted by Crippen LogP contribution is -2.08. The van der Waals surface area contributed by atoms with Gasteiger partial charge in [-0.25, -0.2) is 9.78 Å². The molecule has 0 aliphatic rings. The average molecular weight is 215 g/mol. The number of nitrogens with zero attached hydrogens (tertiary/aromatic N) is 1. The lowest BCUT2D eigenvalue weighted by Gasteiger charge is -2.08. The fraction of sp³-hybridized carbons (Fsp3) is 0.333. The molecule has 1 heterocycles. The zero-order valence-corrected chi connectivity index (χ0v) is 8.76. The number of rotatable bonds is 3. The van der Waals surface area contributed by atoms with Crippen LogP contribution in [0, 0.1) is 0 Å². The minimum atomic E-state index is -0.426. The second-order valence-electron chi connectivity index (χ2n) is 2.57. The van der Waals surface area contributed by atoms with E-state index in [-0.39, 0.29) is 0 Å². The van der Waals surface area contributed by atoms with Gasteiger partial charge in [-0.05, 0) is 13.0 Å². The van der Waals surface area contributed by atoms with Crippen LogP contribution in [0.5, 0.6) is 0 Å². The fourth-order valence-electron chi connectivity index (χ4n) is 1.04. The van der Waals surface area contributed by atoms with Crippen LogP contribution in [-0.4, -0.2) is 24.6 Å². The molecule has 0 bridgehead atoms. The van der Waals surface area contributed by atoms with Crippen molar-refractivity contribution in [2.45, 2.75) is 6.92 Å². The van der Waals surface area contributed by atoms with Crippen molar-refractivity contribution < 1.29 is 9.53 Å². The maximum atomic E-state index is 11.3. The highest BCUT2D eigenvalue weighted by Crippen LogP contribution is 2.19. The first-order valence-corrected chi connectivity index (χ1v) is 4.54. The van der Waals surface area contributed by atoms with Crippen LogP contribution in [0.2, 0.25) is 5.15 Å². The van der Waals surface area contributed by atoms with E-state index in [9.17, 15) is 4.79 Å². The van der Waals surface area contributed by atoms with Gasteiger partial charge < -0.3 is 10.1 Å². The van der Waals surface area contributed by atoms with E-state index in [2.05, 4.69) is 15.0 Å². The van der Waals surface area contributed by atoms with Crippen LogP contribution in [0.1, 0.15) is 17.3 Å². The molecule has 14 heavy (non-hydrogen) atoms. The Morgan fingerprint density at radius 3 is 3.00 bits per heavy atom. The maximum absolute atomic E-state index is 11.3. The molecule has 0 aromatic carbocycles. The molecule has 0 saturated carbocycles. The van der Waals surface area contributed by atoms with E-state index in [4.69, 9.17) is 11.6 Å². The number of pyridine rings is 1. The Bertz CT molecular complexity index is 342. The Kier molecular flexibility index (Phi) is 3.71. The van der Waals surface area contributed by atoms with Gasteiger partial charge in [0.1, 0.15) is 10.7 Å². The highest BCUT2D eigenvalue weighted by Gasteiger charge is 2.12. The van der Waals surface area contributed by atoms with E-state index in [1.54, 1.807) is 6.07 Å². The Labute approximate surface area is 87.2 Å². The second kappa shape index (κ2) is 4.81. The van der Waals surface area contributed by atoms with Gasteiger partial charge in [0.2, 0.25) is 0 Å². The Hall–Kier alpha value is -1.29. The molecule has 0 fully saturated rings. The van der Waals surface area contributed by atoms with Gasteiger partial charge in [0.05, 0.1) is 12.8 Å². The van der Waals surface area contributed by atoms with Crippen LogP contribution in [-0.2, 0) is 4.74 Å². The summed E-state index contributed by atoms with van der Waals surface area (Å²) >= 11 is 5.70. The predicted molar refractivity (Wildman–Crippen MR) is 54.8 cm³/mol. The number of aromatic nitrogens is 1. The Balaban J connectivity index is 3.07. The zero-order chi connectivity index (χ0) is 10.6. The number of ether oxygens (including phenoxy) is 1. The van der Waals surface area contributed by atoms with Crippen molar-refractivity contribution >= 4 is 23.3 Å². The van der Waals surface area contributed by atoms with Crippen molar-refractivity contribution in [1.29, 1.82) is 0 Å². The van der Waals surface area contributed by atoms with Gasteiger partial charge in [-0.15, -0.1) is 0 Å². The van der Waals surface area contributed by atoms with E-state index in [1.165, 1.54) is 13.3 Å². The molecule has 0 unspecified atom stereocenters. The van der Waals surface area contributed by atoms with Crippen LogP contribution < -0.4 is 5.32 Å². The first-order chi connectivity index (χ1) is 6.69. The molecule has 0 atom stereocenters. The quantitative estimate of drug-likeness (QED) is 0.617. The molecule has 1 aromatic rings. The third-order valence-corrected chi connectivity index (χ3v) is 1.85. The molecule has 5 heteroatoms. The van der Waals surface area contributed by atoms with Gasteiger partial charge in [0.25, 0.3) is 0 Å². The first-order valence-electron chi connectivity index (χ1n) is 4.16. The third-order valence-electron chi connectivity index (χ3n) is 1.64. The minimum absolute atomic E-state index is 0.341. The normalized spacial score (nSPS) is 9.64. The molecule has 0 amide bonds. The summed E-state index contributed by atoms with van der Waals surface area (Å²) in [5.74, 6) is -0.426. The molecule has 4 nitrogen and oxygen atoms in total. The predicted octanol–water partition coefficient (Wildman–Crippen LogP) is 1.95. The summed E-state index contributed by atoms with van der Waals surface area (Å²) < 4.78 is 4.60. The van der Waals surface area contributed by atoms with Crippen molar-refractivity contribution in [3.63, 3.8) is 0 Å². The van der Waals surface area contributed by atoms with Crippen LogP contribution in [0.15, 0.2) is 12.3 Å². The lowest BCUT2D eigenvalue weighted by atomic mass is 10.2. The molecule has 0 saturated heterocycles. The first kappa shape index (κ1) is 10.8. The number of anilines is 1. The third kappa shape index (κ3) is 2.35. The van der Waals surface area contributed by atoms with Crippen LogP contribution in [0.25, 0.3) is 0 Å². The summed E-state index contributed by atoms with van der Waals surface area (Å²) in [5.41, 5.74) is 1.03. The number of methoxy groups -OCH3 is 1. The number of esters is 1. The highest BCUT2D eigenvalue weighted by molar-refractivity contribution is 6.29. The molecule has 76 valence electrons. The summed E-state index contributed by atoms with van der Waals surface area (Å²) in [6.45, 7) is 2.62. The maximum Gasteiger partial charge on any atom is 0.341 e. The van der Waals surface area contributed by atoms with Crippen molar-refractivity contribution in [2.75, 3.05) is 19.0 Å². The molecule has 0 aliphatic carbocycles. The highest BCUT2D eigenvalue weighted by atomic mass is 35.5. The fourth-order valence-corrected chi connectivity index (χ4v) is 1.20. The molecular formula is C9H11ClN2O2. The van der Waals surface area contributed by atoms with Crippen molar-refractivity contribution in [2.24, 2.45) is 0 Å². The summed E-state index contributed by atoms with van der Waals surface area (Å²) in [6, 6.07) is 1.59. The second-order valence-corrected chi connectivity index (χ2v) is 2.96. The topological polar surface area (TPSA) is 51.2 Å². The number of nitrogens with one attached hydrogen (secondary N) is 1. The Morgan fingerprint density at radius 1 is 1.71 bits per heavy atom. The van der Waals surface area contributed by atoms with E-state index >= 15 is 0 Å². The van der Waals surface area contributed by atoms with E-state index in [0.717, 1.165) is 0 Å². The summed E-state index contributed by atoms with van der Waals surface area (Å²) in [7, 11) is 1.33. The van der Waals surface area contributed by atoms with Gasteiger partial charge >= 0.3 is 5.97 Å². The molecule has 0 aliphatic heterocycles. The number of hydrogen-bond acceptors (Lipinski definition) is 4. The monoisotopic (exact) mass is 214 g/mol. The van der Waals surface area contributed by atoms with Gasteiger partial charge in [0, 0.05) is 12.7 Å². The van der Waals surface area contributed by atoms with Gasteiger partial charge in [-0.1, -0.05) is 11.6 Å². The lowest BCUT2D eigenvalue weighted by molar-refractivity contribution is 0.0601. The van der Waals surface area contributed by atoms with Crippen LogP contribution in [0.3, 0.4) is 0 Å². The van der Waals surface area contributed by atoms with E-state index < -0.39 is 5.97 Å². The summed E-state index contributed by atoms with van der Waals surface area (Å²) in [6.07, 6.45) is 1.40. The van der Waals surface area contributed by atoms with E-state index in [0.29, 0.717) is 22.9 Å². The molecule has 0 radical (unpaired) electrons. The number of carbonyl (C=O) groups excluding carboxylic acids is 1. The smallest absolute Gasteiger partial charge is 0.341 e. The van der Waals surface area contributed by atoms with Crippen LogP contribution >= 0.6 is 11.6 Å². The SMILES string of the molecule is CCNc1cc(Cl)ncc1C(=O)OC. The van der Waals surface area contributed by atoms with E-state index in [1.807, 2.05) is 6.92 Å². The number of halogens is 1. The number of carbonyl (C=O) groups is 1. The van der Waals surface area contributed by atoms with Crippen molar-refractivity contribution in [1.82, 2.24) is 4.98 Å². The standard InChI is InChI=1S/C9H11ClN2O2/c1-3-11-7-4-8(10)12-5-6(7)9(13)14-2/h4-5H,3H2,1-2H3,(H,11,12). The average Bonchev–Trinajstić information content (AvgIpc) is 2.17. The van der Waals surface area contributed by atoms with Crippen LogP contribution in [0.4, 0.5) is 5.69 Å². The molecule has 0 spiro atoms. The van der Waals surface area contributed by atoms with Gasteiger partial charge in [-0.2, -0.15) is 0 Å². The number of hydrogen-bond donors (Lipinski definition) is 1. The summed E-state index contributed by atoms with van der Waals surface area (Å²) in [5, 5.41) is 3.35. The zero-order valence-electron chi connectivity index (χ0n) is 8.00. The molecule has 1 rings (SSSR count). The molecule has 1 aromatic heterocycles. The largest absolute Gasteiger partial charge is 0.465 e. The molecular weight excluding hydrogens is 204 g/mol. The van der Waals surface area contributed by atoms with Gasteiger partial charge in [-0.3, -0.25) is 0 Å². The van der Waals surface area contributed by atoms with Gasteiger partial charge in [0.15, 0.2) is 0 Å². The summed E-state index contributed by atoms with van der Waals surface area (Å²) in [4.78, 5) is 15.1. The Morgan fingerprint density at radius 2 is 2.43 bits per heavy atom. The van der Waals surface area contributed by atoms with Crippen molar-refractivity contribution in [3.05, 3.63) is 23.0 Å².